The summed E-state index contributed by atoms with van der Waals surface area (Å²) in [5.74, 6) is -0.909. The molecule has 0 fully saturated rings. The van der Waals surface area contributed by atoms with Crippen molar-refractivity contribution in [2.75, 3.05) is 26.0 Å². The number of hydrogen-bond acceptors (Lipinski definition) is 4. The fourth-order valence-electron chi connectivity index (χ4n) is 3.62. The lowest BCUT2D eigenvalue weighted by molar-refractivity contribution is -0.137. The fraction of sp³-hybridized carbons (Fsp3) is 0.200. The first-order valence-corrected chi connectivity index (χ1v) is 10.5. The molecule has 9 heteroatoms. The summed E-state index contributed by atoms with van der Waals surface area (Å²) in [7, 11) is 3.79. The highest BCUT2D eigenvalue weighted by atomic mass is 19.4. The van der Waals surface area contributed by atoms with E-state index < -0.39 is 23.4 Å². The quantitative estimate of drug-likeness (QED) is 0.427. The van der Waals surface area contributed by atoms with Crippen LogP contribution in [0.4, 0.5) is 18.9 Å². The van der Waals surface area contributed by atoms with Gasteiger partial charge in [0.2, 0.25) is 0 Å². The van der Waals surface area contributed by atoms with Gasteiger partial charge in [-0.2, -0.15) is 13.2 Å². The van der Waals surface area contributed by atoms with Gasteiger partial charge in [-0.25, -0.2) is 4.79 Å². The molecule has 1 aromatic heterocycles. The molecule has 0 atom stereocenters. The maximum atomic E-state index is 13.1. The molecular weight excluding hydrogens is 447 g/mol. The van der Waals surface area contributed by atoms with E-state index in [-0.39, 0.29) is 0 Å². The SMILES string of the molecule is CN(C)CCn1c(=O)oc2ccc(NC(=O)c3ccccc3-c3ccc(C(F)(F)F)cc3)cc21. The summed E-state index contributed by atoms with van der Waals surface area (Å²) >= 11 is 0. The Bertz CT molecular complexity index is 1390. The van der Waals surface area contributed by atoms with Crippen LogP contribution in [0.5, 0.6) is 0 Å². The zero-order valence-electron chi connectivity index (χ0n) is 18.5. The Morgan fingerprint density at radius 1 is 1.03 bits per heavy atom. The molecule has 0 unspecified atom stereocenters. The van der Waals surface area contributed by atoms with Crippen molar-refractivity contribution in [3.05, 3.63) is 88.4 Å². The number of nitrogens with one attached hydrogen (secondary N) is 1. The molecule has 4 rings (SSSR count). The number of anilines is 1. The van der Waals surface area contributed by atoms with Crippen molar-refractivity contribution < 1.29 is 22.4 Å². The molecule has 1 N–H and O–H groups in total. The smallest absolute Gasteiger partial charge is 0.408 e. The molecule has 0 spiro atoms. The van der Waals surface area contributed by atoms with Gasteiger partial charge in [-0.3, -0.25) is 9.36 Å². The molecule has 0 saturated heterocycles. The summed E-state index contributed by atoms with van der Waals surface area (Å²) in [6.45, 7) is 1.05. The highest BCUT2D eigenvalue weighted by molar-refractivity contribution is 6.09. The molecule has 176 valence electrons. The van der Waals surface area contributed by atoms with E-state index in [4.69, 9.17) is 4.42 Å². The monoisotopic (exact) mass is 469 g/mol. The van der Waals surface area contributed by atoms with Gasteiger partial charge in [0.15, 0.2) is 5.58 Å². The van der Waals surface area contributed by atoms with Crippen LogP contribution in [-0.4, -0.2) is 36.0 Å². The molecule has 0 aliphatic heterocycles. The normalized spacial score (nSPS) is 11.8. The van der Waals surface area contributed by atoms with Crippen LogP contribution >= 0.6 is 0 Å². The van der Waals surface area contributed by atoms with E-state index in [1.165, 1.54) is 16.7 Å². The molecule has 0 bridgehead atoms. The number of likely N-dealkylation sites (N-methyl/N-ethyl adjacent to an activating group) is 1. The average Bonchev–Trinajstić information content (AvgIpc) is 3.11. The maximum absolute atomic E-state index is 13.1. The number of oxazole rings is 1. The minimum absolute atomic E-state index is 0.305. The highest BCUT2D eigenvalue weighted by Crippen LogP contribution is 2.32. The van der Waals surface area contributed by atoms with Crippen LogP contribution in [0.2, 0.25) is 0 Å². The summed E-state index contributed by atoms with van der Waals surface area (Å²) in [5.41, 5.74) is 1.96. The van der Waals surface area contributed by atoms with Gasteiger partial charge < -0.3 is 14.6 Å². The first kappa shape index (κ1) is 23.3. The molecule has 0 radical (unpaired) electrons. The zero-order valence-corrected chi connectivity index (χ0v) is 18.5. The molecule has 1 amide bonds. The summed E-state index contributed by atoms with van der Waals surface area (Å²) in [6, 6.07) is 16.2. The van der Waals surface area contributed by atoms with Crippen molar-refractivity contribution in [1.29, 1.82) is 0 Å². The molecule has 4 aromatic rings. The average molecular weight is 469 g/mol. The third-order valence-corrected chi connectivity index (χ3v) is 5.39. The standard InChI is InChI=1S/C25H22F3N3O3/c1-30(2)13-14-31-21-15-18(11-12-22(21)34-24(31)33)29-23(32)20-6-4-3-5-19(20)16-7-9-17(10-8-16)25(26,27)28/h3-12,15H,13-14H2,1-2H3,(H,29,32). The van der Waals surface area contributed by atoms with E-state index in [1.54, 1.807) is 42.5 Å². The van der Waals surface area contributed by atoms with Gasteiger partial charge in [-0.1, -0.05) is 30.3 Å². The van der Waals surface area contributed by atoms with E-state index >= 15 is 0 Å². The Kier molecular flexibility index (Phi) is 6.30. The van der Waals surface area contributed by atoms with Crippen LogP contribution in [0.25, 0.3) is 22.2 Å². The second kappa shape index (κ2) is 9.18. The van der Waals surface area contributed by atoms with Crippen LogP contribution in [0.3, 0.4) is 0 Å². The summed E-state index contributed by atoms with van der Waals surface area (Å²) in [6.07, 6.45) is -4.44. The lowest BCUT2D eigenvalue weighted by Crippen LogP contribution is -2.23. The number of halogens is 3. The van der Waals surface area contributed by atoms with Crippen LogP contribution in [-0.2, 0) is 12.7 Å². The third-order valence-electron chi connectivity index (χ3n) is 5.39. The van der Waals surface area contributed by atoms with Crippen molar-refractivity contribution in [3.8, 4) is 11.1 Å². The molecule has 34 heavy (non-hydrogen) atoms. The van der Waals surface area contributed by atoms with Gasteiger partial charge in [-0.15, -0.1) is 0 Å². The van der Waals surface area contributed by atoms with Crippen LogP contribution in [0, 0.1) is 0 Å². The van der Waals surface area contributed by atoms with Crippen molar-refractivity contribution in [1.82, 2.24) is 9.47 Å². The van der Waals surface area contributed by atoms with Gasteiger partial charge in [0.25, 0.3) is 5.91 Å². The lowest BCUT2D eigenvalue weighted by Gasteiger charge is -2.12. The van der Waals surface area contributed by atoms with E-state index in [0.29, 0.717) is 46.6 Å². The van der Waals surface area contributed by atoms with E-state index in [1.807, 2.05) is 19.0 Å². The third kappa shape index (κ3) is 4.89. The van der Waals surface area contributed by atoms with Gasteiger partial charge in [0, 0.05) is 24.3 Å². The lowest BCUT2D eigenvalue weighted by atomic mass is 9.98. The summed E-state index contributed by atoms with van der Waals surface area (Å²) < 4.78 is 45.5. The predicted octanol–water partition coefficient (Wildman–Crippen LogP) is 5.09. The maximum Gasteiger partial charge on any atom is 0.419 e. The Balaban J connectivity index is 1.62. The van der Waals surface area contributed by atoms with Crippen molar-refractivity contribution in [2.24, 2.45) is 0 Å². The van der Waals surface area contributed by atoms with Crippen molar-refractivity contribution in [2.45, 2.75) is 12.7 Å². The number of benzene rings is 3. The number of amides is 1. The van der Waals surface area contributed by atoms with Gasteiger partial charge in [0.05, 0.1) is 11.1 Å². The molecule has 3 aromatic carbocycles. The van der Waals surface area contributed by atoms with Gasteiger partial charge in [-0.05, 0) is 61.6 Å². The van der Waals surface area contributed by atoms with E-state index in [0.717, 1.165) is 12.1 Å². The first-order chi connectivity index (χ1) is 16.1. The minimum atomic E-state index is -4.44. The van der Waals surface area contributed by atoms with E-state index in [2.05, 4.69) is 5.32 Å². The minimum Gasteiger partial charge on any atom is -0.408 e. The summed E-state index contributed by atoms with van der Waals surface area (Å²) in [4.78, 5) is 27.2. The molecule has 0 saturated carbocycles. The Hall–Kier alpha value is -3.85. The fourth-order valence-corrected chi connectivity index (χ4v) is 3.62. The van der Waals surface area contributed by atoms with Crippen molar-refractivity contribution in [3.63, 3.8) is 0 Å². The van der Waals surface area contributed by atoms with Crippen LogP contribution < -0.4 is 11.1 Å². The zero-order chi connectivity index (χ0) is 24.5. The first-order valence-electron chi connectivity index (χ1n) is 10.5. The predicted molar refractivity (Wildman–Crippen MR) is 124 cm³/mol. The molecule has 1 heterocycles. The number of aromatic nitrogens is 1. The number of alkyl halides is 3. The van der Waals surface area contributed by atoms with E-state index in [9.17, 15) is 22.8 Å². The van der Waals surface area contributed by atoms with Gasteiger partial charge in [0.1, 0.15) is 0 Å². The second-order valence-corrected chi connectivity index (χ2v) is 8.08. The Morgan fingerprint density at radius 2 is 1.74 bits per heavy atom. The number of nitrogens with zero attached hydrogens (tertiary/aromatic N) is 2. The second-order valence-electron chi connectivity index (χ2n) is 8.08. The number of hydrogen-bond donors (Lipinski definition) is 1. The topological polar surface area (TPSA) is 67.5 Å². The number of rotatable bonds is 6. The van der Waals surface area contributed by atoms with Gasteiger partial charge >= 0.3 is 11.9 Å². The number of carbonyl (C=O) groups excluding carboxylic acids is 1. The molecule has 6 nitrogen and oxygen atoms in total. The largest absolute Gasteiger partial charge is 0.419 e. The number of carbonyl (C=O) groups is 1. The highest BCUT2D eigenvalue weighted by Gasteiger charge is 2.30. The van der Waals surface area contributed by atoms with Crippen LogP contribution in [0.1, 0.15) is 15.9 Å². The number of fused-ring (bicyclic) bond motifs is 1. The summed E-state index contributed by atoms with van der Waals surface area (Å²) in [5, 5.41) is 2.81. The Morgan fingerprint density at radius 3 is 2.41 bits per heavy atom. The van der Waals surface area contributed by atoms with Crippen LogP contribution in [0.15, 0.2) is 75.9 Å². The molecule has 0 aliphatic rings. The molecule has 0 aliphatic carbocycles. The van der Waals surface area contributed by atoms with Crippen molar-refractivity contribution >= 4 is 22.7 Å². The molecular formula is C25H22F3N3O3. The Labute approximate surface area is 193 Å².